The fraction of sp³-hybridized carbons (Fsp3) is 0.360. The van der Waals surface area contributed by atoms with Gasteiger partial charge in [-0.2, -0.15) is 0 Å². The van der Waals surface area contributed by atoms with E-state index < -0.39 is 12.0 Å². The van der Waals surface area contributed by atoms with Gasteiger partial charge in [0.2, 0.25) is 0 Å². The number of esters is 1. The number of piperazine rings is 1. The summed E-state index contributed by atoms with van der Waals surface area (Å²) in [4.78, 5) is 29.9. The molecular formula is C25H29ClN4O3. The van der Waals surface area contributed by atoms with Crippen molar-refractivity contribution >= 4 is 29.3 Å². The van der Waals surface area contributed by atoms with E-state index in [0.717, 1.165) is 31.7 Å². The number of benzene rings is 2. The second-order valence-corrected chi connectivity index (χ2v) is 8.96. The molecule has 0 aromatic heterocycles. The first-order valence-electron chi connectivity index (χ1n) is 11.0. The highest BCUT2D eigenvalue weighted by atomic mass is 35.5. The Kier molecular flexibility index (Phi) is 6.91. The fourth-order valence-corrected chi connectivity index (χ4v) is 4.66. The summed E-state index contributed by atoms with van der Waals surface area (Å²) in [7, 11) is 1.35. The molecule has 7 nitrogen and oxygen atoms in total. The van der Waals surface area contributed by atoms with Crippen LogP contribution in [0, 0.1) is 13.8 Å². The highest BCUT2D eigenvalue weighted by molar-refractivity contribution is 6.30. The van der Waals surface area contributed by atoms with Crippen LogP contribution in [0.2, 0.25) is 5.02 Å². The summed E-state index contributed by atoms with van der Waals surface area (Å²) < 4.78 is 5.08. The number of nitrogens with one attached hydrogen (secondary N) is 2. The Balaban J connectivity index is 1.55. The molecule has 2 aromatic rings. The summed E-state index contributed by atoms with van der Waals surface area (Å²) in [6.07, 6.45) is 0. The Morgan fingerprint density at radius 3 is 2.58 bits per heavy atom. The third kappa shape index (κ3) is 5.15. The number of hydrogen-bond donors (Lipinski definition) is 2. The second kappa shape index (κ2) is 9.85. The van der Waals surface area contributed by atoms with Gasteiger partial charge in [-0.15, -0.1) is 0 Å². The smallest absolute Gasteiger partial charge is 0.338 e. The van der Waals surface area contributed by atoms with Crippen LogP contribution in [0.3, 0.4) is 0 Å². The van der Waals surface area contributed by atoms with Crippen LogP contribution in [0.5, 0.6) is 0 Å². The molecule has 0 aliphatic carbocycles. The van der Waals surface area contributed by atoms with E-state index in [0.29, 0.717) is 22.8 Å². The van der Waals surface area contributed by atoms with E-state index in [1.165, 1.54) is 23.9 Å². The Hall–Kier alpha value is -3.03. The maximum Gasteiger partial charge on any atom is 0.338 e. The van der Waals surface area contributed by atoms with Crippen LogP contribution in [0.1, 0.15) is 22.7 Å². The number of methoxy groups -OCH3 is 1. The molecule has 0 unspecified atom stereocenters. The largest absolute Gasteiger partial charge is 0.466 e. The van der Waals surface area contributed by atoms with Crippen LogP contribution in [0.25, 0.3) is 0 Å². The van der Waals surface area contributed by atoms with Crippen LogP contribution in [-0.2, 0) is 9.53 Å². The van der Waals surface area contributed by atoms with Gasteiger partial charge >= 0.3 is 12.0 Å². The first kappa shape index (κ1) is 23.1. The van der Waals surface area contributed by atoms with Crippen molar-refractivity contribution in [2.24, 2.45) is 0 Å². The minimum Gasteiger partial charge on any atom is -0.466 e. The SMILES string of the molecule is COC(=O)C1=C(CN2CCN(c3cc(C)ccc3C)CC2)NC(=O)N[C@H]1c1cccc(Cl)c1. The van der Waals surface area contributed by atoms with Crippen molar-refractivity contribution in [2.45, 2.75) is 19.9 Å². The molecule has 1 atom stereocenters. The molecule has 2 N–H and O–H groups in total. The van der Waals surface area contributed by atoms with Gasteiger partial charge in [-0.1, -0.05) is 35.9 Å². The Labute approximate surface area is 199 Å². The van der Waals surface area contributed by atoms with Gasteiger partial charge < -0.3 is 20.3 Å². The normalized spacial score (nSPS) is 19.2. The number of amides is 2. The summed E-state index contributed by atoms with van der Waals surface area (Å²) in [6.45, 7) is 8.07. The molecule has 4 rings (SSSR count). The molecule has 0 spiro atoms. The molecule has 174 valence electrons. The molecule has 2 aliphatic heterocycles. The Bertz CT molecular complexity index is 1090. The van der Waals surface area contributed by atoms with E-state index >= 15 is 0 Å². The van der Waals surface area contributed by atoms with Crippen molar-refractivity contribution in [2.75, 3.05) is 44.7 Å². The van der Waals surface area contributed by atoms with Crippen LogP contribution in [0.15, 0.2) is 53.7 Å². The number of carbonyl (C=O) groups excluding carboxylic acids is 2. The number of carbonyl (C=O) groups is 2. The lowest BCUT2D eigenvalue weighted by Gasteiger charge is -2.38. The lowest BCUT2D eigenvalue weighted by Crippen LogP contribution is -2.51. The van der Waals surface area contributed by atoms with Crippen LogP contribution < -0.4 is 15.5 Å². The topological polar surface area (TPSA) is 73.9 Å². The van der Waals surface area contributed by atoms with Crippen molar-refractivity contribution in [3.63, 3.8) is 0 Å². The van der Waals surface area contributed by atoms with Gasteiger partial charge in [0.25, 0.3) is 0 Å². The lowest BCUT2D eigenvalue weighted by molar-refractivity contribution is -0.136. The summed E-state index contributed by atoms with van der Waals surface area (Å²) in [5.41, 5.74) is 5.47. The number of anilines is 1. The highest BCUT2D eigenvalue weighted by Gasteiger charge is 2.34. The van der Waals surface area contributed by atoms with E-state index in [1.54, 1.807) is 18.2 Å². The zero-order valence-corrected chi connectivity index (χ0v) is 19.9. The molecule has 1 fully saturated rings. The lowest BCUT2D eigenvalue weighted by atomic mass is 9.95. The van der Waals surface area contributed by atoms with Crippen molar-refractivity contribution in [3.05, 3.63) is 75.4 Å². The second-order valence-electron chi connectivity index (χ2n) is 8.52. The minimum absolute atomic E-state index is 0.350. The first-order valence-corrected chi connectivity index (χ1v) is 11.4. The third-order valence-corrected chi connectivity index (χ3v) is 6.44. The molecule has 0 radical (unpaired) electrons. The number of ether oxygens (including phenoxy) is 1. The van der Waals surface area contributed by atoms with Gasteiger partial charge in [0.15, 0.2) is 0 Å². The van der Waals surface area contributed by atoms with E-state index in [9.17, 15) is 9.59 Å². The molecule has 2 aliphatic rings. The van der Waals surface area contributed by atoms with E-state index in [4.69, 9.17) is 16.3 Å². The average molecular weight is 469 g/mol. The number of rotatable bonds is 5. The molecule has 2 heterocycles. The number of nitrogens with zero attached hydrogens (tertiary/aromatic N) is 2. The predicted octanol–water partition coefficient (Wildman–Crippen LogP) is 3.56. The summed E-state index contributed by atoms with van der Waals surface area (Å²) in [5.74, 6) is -0.475. The van der Waals surface area contributed by atoms with Gasteiger partial charge in [0.1, 0.15) is 0 Å². The molecule has 2 aromatic carbocycles. The molecule has 2 amide bonds. The van der Waals surface area contributed by atoms with Crippen molar-refractivity contribution < 1.29 is 14.3 Å². The third-order valence-electron chi connectivity index (χ3n) is 6.20. The average Bonchev–Trinajstić information content (AvgIpc) is 2.80. The molecule has 0 bridgehead atoms. The fourth-order valence-electron chi connectivity index (χ4n) is 4.46. The Morgan fingerprint density at radius 1 is 1.12 bits per heavy atom. The number of urea groups is 1. The van der Waals surface area contributed by atoms with Gasteiger partial charge in [-0.05, 0) is 48.7 Å². The maximum atomic E-state index is 12.8. The summed E-state index contributed by atoms with van der Waals surface area (Å²) >= 11 is 6.17. The molecule has 8 heteroatoms. The number of hydrogen-bond acceptors (Lipinski definition) is 5. The zero-order chi connectivity index (χ0) is 23.5. The number of aryl methyl sites for hydroxylation is 2. The quantitative estimate of drug-likeness (QED) is 0.656. The summed E-state index contributed by atoms with van der Waals surface area (Å²) in [5, 5.41) is 6.22. The first-order chi connectivity index (χ1) is 15.9. The monoisotopic (exact) mass is 468 g/mol. The summed E-state index contributed by atoms with van der Waals surface area (Å²) in [6, 6.07) is 12.7. The Morgan fingerprint density at radius 2 is 1.88 bits per heavy atom. The van der Waals surface area contributed by atoms with Gasteiger partial charge in [0, 0.05) is 49.1 Å². The van der Waals surface area contributed by atoms with E-state index in [1.807, 2.05) is 6.07 Å². The molecule has 1 saturated heterocycles. The zero-order valence-electron chi connectivity index (χ0n) is 19.2. The minimum atomic E-state index is -0.629. The van der Waals surface area contributed by atoms with Crippen LogP contribution in [0.4, 0.5) is 10.5 Å². The standard InChI is InChI=1S/C25H29ClN4O3/c1-16-7-8-17(2)21(13-16)30-11-9-29(10-12-30)15-20-22(24(31)33-3)23(28-25(32)27-20)18-5-4-6-19(26)14-18/h4-8,13-14,23H,9-12,15H2,1-3H3,(H2,27,28,32)/t23-/m0/s1. The van der Waals surface area contributed by atoms with Gasteiger partial charge in [-0.3, -0.25) is 4.90 Å². The van der Waals surface area contributed by atoms with Crippen LogP contribution in [-0.4, -0.2) is 56.7 Å². The molecule has 0 saturated carbocycles. The van der Waals surface area contributed by atoms with Gasteiger partial charge in [0.05, 0.1) is 18.7 Å². The van der Waals surface area contributed by atoms with Gasteiger partial charge in [-0.25, -0.2) is 9.59 Å². The molecule has 33 heavy (non-hydrogen) atoms. The number of halogens is 1. The highest BCUT2D eigenvalue weighted by Crippen LogP contribution is 2.30. The predicted molar refractivity (Wildman–Crippen MR) is 129 cm³/mol. The van der Waals surface area contributed by atoms with Crippen LogP contribution >= 0.6 is 11.6 Å². The van der Waals surface area contributed by atoms with E-state index in [2.05, 4.69) is 52.5 Å². The van der Waals surface area contributed by atoms with Crippen molar-refractivity contribution in [3.8, 4) is 0 Å². The van der Waals surface area contributed by atoms with Crippen molar-refractivity contribution in [1.29, 1.82) is 0 Å². The maximum absolute atomic E-state index is 12.8. The van der Waals surface area contributed by atoms with E-state index in [-0.39, 0.29) is 6.03 Å². The molecular weight excluding hydrogens is 440 g/mol. The van der Waals surface area contributed by atoms with Crippen molar-refractivity contribution in [1.82, 2.24) is 15.5 Å².